The second-order valence-corrected chi connectivity index (χ2v) is 7.63. The predicted octanol–water partition coefficient (Wildman–Crippen LogP) is 4.02. The number of nitrogens with zero attached hydrogens (tertiary/aromatic N) is 3. The lowest BCUT2D eigenvalue weighted by atomic mass is 10.1. The normalized spacial score (nSPS) is 15.8. The lowest BCUT2D eigenvalue weighted by Gasteiger charge is -2.12. The zero-order chi connectivity index (χ0) is 24.1. The van der Waals surface area contributed by atoms with Gasteiger partial charge in [-0.25, -0.2) is 9.79 Å². The quantitative estimate of drug-likeness (QED) is 0.257. The standard InChI is InChI=1S/C22H21N3O7S/c1-5-24-20(26)19(11-14-10-17(30-2)18(31-3)12-16(14)25(28)29)33-22(24)23-15-8-6-13(7-9-15)21(27)32-4/h6-12H,5H2,1-4H3/b19-11+,23-22?. The zero-order valence-electron chi connectivity index (χ0n) is 18.4. The molecule has 172 valence electrons. The third kappa shape index (κ3) is 4.98. The Kier molecular flexibility index (Phi) is 7.34. The molecular weight excluding hydrogens is 450 g/mol. The van der Waals surface area contributed by atoms with Gasteiger partial charge < -0.3 is 14.2 Å². The highest BCUT2D eigenvalue weighted by atomic mass is 32.2. The van der Waals surface area contributed by atoms with Gasteiger partial charge in [-0.05, 0) is 55.1 Å². The molecule has 0 aliphatic carbocycles. The summed E-state index contributed by atoms with van der Waals surface area (Å²) in [6.07, 6.45) is 1.44. The van der Waals surface area contributed by atoms with Crippen LogP contribution in [0.1, 0.15) is 22.8 Å². The van der Waals surface area contributed by atoms with Crippen LogP contribution in [0.25, 0.3) is 6.08 Å². The molecule has 11 heteroatoms. The molecule has 1 aliphatic rings. The van der Waals surface area contributed by atoms with E-state index >= 15 is 0 Å². The van der Waals surface area contributed by atoms with Gasteiger partial charge >= 0.3 is 5.97 Å². The lowest BCUT2D eigenvalue weighted by Crippen LogP contribution is -2.28. The highest BCUT2D eigenvalue weighted by Crippen LogP contribution is 2.39. The van der Waals surface area contributed by atoms with Gasteiger partial charge in [-0.3, -0.25) is 19.8 Å². The van der Waals surface area contributed by atoms with E-state index in [9.17, 15) is 19.7 Å². The van der Waals surface area contributed by atoms with E-state index in [0.29, 0.717) is 28.7 Å². The number of likely N-dealkylation sites (N-methyl/N-ethyl adjacent to an activating group) is 1. The Morgan fingerprint density at radius 3 is 2.33 bits per heavy atom. The van der Waals surface area contributed by atoms with Gasteiger partial charge in [0.05, 0.1) is 54.0 Å². The van der Waals surface area contributed by atoms with Gasteiger partial charge in [-0.1, -0.05) is 0 Å². The molecule has 0 atom stereocenters. The fraction of sp³-hybridized carbons (Fsp3) is 0.227. The number of hydrogen-bond acceptors (Lipinski definition) is 9. The third-order valence-electron chi connectivity index (χ3n) is 4.73. The number of thioether (sulfide) groups is 1. The van der Waals surface area contributed by atoms with Gasteiger partial charge in [0.1, 0.15) is 0 Å². The van der Waals surface area contributed by atoms with Gasteiger partial charge in [-0.15, -0.1) is 0 Å². The largest absolute Gasteiger partial charge is 0.493 e. The smallest absolute Gasteiger partial charge is 0.337 e. The van der Waals surface area contributed by atoms with Crippen LogP contribution in [0.2, 0.25) is 0 Å². The first kappa shape index (κ1) is 23.8. The van der Waals surface area contributed by atoms with Crippen molar-refractivity contribution in [3.05, 3.63) is 62.5 Å². The summed E-state index contributed by atoms with van der Waals surface area (Å²) in [5, 5.41) is 12.0. The number of amides is 1. The summed E-state index contributed by atoms with van der Waals surface area (Å²) < 4.78 is 15.1. The third-order valence-corrected chi connectivity index (χ3v) is 5.74. The van der Waals surface area contributed by atoms with Crippen molar-refractivity contribution in [1.29, 1.82) is 0 Å². The molecule has 0 saturated carbocycles. The fourth-order valence-corrected chi connectivity index (χ4v) is 4.12. The molecule has 1 heterocycles. The highest BCUT2D eigenvalue weighted by molar-refractivity contribution is 8.18. The number of nitro groups is 1. The van der Waals surface area contributed by atoms with E-state index in [1.54, 1.807) is 31.2 Å². The monoisotopic (exact) mass is 471 g/mol. The molecular formula is C22H21N3O7S. The van der Waals surface area contributed by atoms with Crippen molar-refractivity contribution >= 4 is 46.3 Å². The van der Waals surface area contributed by atoms with Crippen molar-refractivity contribution in [2.75, 3.05) is 27.9 Å². The zero-order valence-corrected chi connectivity index (χ0v) is 19.2. The van der Waals surface area contributed by atoms with Crippen LogP contribution in [0.5, 0.6) is 11.5 Å². The Labute approximate surface area is 194 Å². The maximum atomic E-state index is 13.0. The van der Waals surface area contributed by atoms with Crippen molar-refractivity contribution < 1.29 is 28.7 Å². The molecule has 1 fully saturated rings. The number of ether oxygens (including phenoxy) is 3. The maximum absolute atomic E-state index is 13.0. The maximum Gasteiger partial charge on any atom is 0.337 e. The summed E-state index contributed by atoms with van der Waals surface area (Å²) in [5.41, 5.74) is 0.897. The lowest BCUT2D eigenvalue weighted by molar-refractivity contribution is -0.385. The second-order valence-electron chi connectivity index (χ2n) is 6.62. The summed E-state index contributed by atoms with van der Waals surface area (Å²) in [5.74, 6) is -0.269. The van der Waals surface area contributed by atoms with Gasteiger partial charge in [0.25, 0.3) is 11.6 Å². The summed E-state index contributed by atoms with van der Waals surface area (Å²) in [6.45, 7) is 2.16. The van der Waals surface area contributed by atoms with Crippen LogP contribution in [0.3, 0.4) is 0 Å². The van der Waals surface area contributed by atoms with E-state index < -0.39 is 10.9 Å². The molecule has 0 spiro atoms. The fourth-order valence-electron chi connectivity index (χ4n) is 3.07. The first-order valence-corrected chi connectivity index (χ1v) is 10.5. The number of carbonyl (C=O) groups excluding carboxylic acids is 2. The number of benzene rings is 2. The average molecular weight is 471 g/mol. The highest BCUT2D eigenvalue weighted by Gasteiger charge is 2.33. The van der Waals surface area contributed by atoms with E-state index in [-0.39, 0.29) is 27.8 Å². The van der Waals surface area contributed by atoms with E-state index in [1.165, 1.54) is 44.4 Å². The van der Waals surface area contributed by atoms with Gasteiger partial charge in [0.15, 0.2) is 16.7 Å². The molecule has 2 aromatic rings. The molecule has 1 amide bonds. The predicted molar refractivity (Wildman–Crippen MR) is 124 cm³/mol. The SMILES string of the molecule is CCN1C(=O)/C(=C\c2cc(OC)c(OC)cc2[N+](=O)[O-])SC1=Nc1ccc(C(=O)OC)cc1. The number of esters is 1. The Morgan fingerprint density at radius 2 is 1.79 bits per heavy atom. The van der Waals surface area contributed by atoms with Crippen molar-refractivity contribution in [2.45, 2.75) is 6.92 Å². The molecule has 0 aromatic heterocycles. The number of hydrogen-bond donors (Lipinski definition) is 0. The van der Waals surface area contributed by atoms with Crippen LogP contribution >= 0.6 is 11.8 Å². The van der Waals surface area contributed by atoms with E-state index in [1.807, 2.05) is 0 Å². The Balaban J connectivity index is 1.99. The summed E-state index contributed by atoms with van der Waals surface area (Å²) in [6, 6.07) is 9.14. The number of methoxy groups -OCH3 is 3. The minimum absolute atomic E-state index is 0.202. The molecule has 1 aliphatic heterocycles. The van der Waals surface area contributed by atoms with E-state index in [2.05, 4.69) is 9.73 Å². The number of carbonyl (C=O) groups is 2. The number of nitro benzene ring substituents is 1. The Bertz CT molecular complexity index is 1160. The van der Waals surface area contributed by atoms with E-state index in [4.69, 9.17) is 9.47 Å². The van der Waals surface area contributed by atoms with E-state index in [0.717, 1.165) is 11.8 Å². The minimum atomic E-state index is -0.548. The van der Waals surface area contributed by atoms with Crippen LogP contribution in [0.15, 0.2) is 46.3 Å². The van der Waals surface area contributed by atoms with Gasteiger partial charge in [-0.2, -0.15) is 0 Å². The van der Waals surface area contributed by atoms with Crippen molar-refractivity contribution in [3.8, 4) is 11.5 Å². The van der Waals surface area contributed by atoms with Crippen LogP contribution in [0, 0.1) is 10.1 Å². The second kappa shape index (κ2) is 10.2. The van der Waals surface area contributed by atoms with Crippen molar-refractivity contribution in [3.63, 3.8) is 0 Å². The van der Waals surface area contributed by atoms with Gasteiger partial charge in [0.2, 0.25) is 0 Å². The Hall–Kier alpha value is -3.86. The summed E-state index contributed by atoms with van der Waals surface area (Å²) in [7, 11) is 4.10. The topological polar surface area (TPSA) is 121 Å². The molecule has 3 rings (SSSR count). The molecule has 0 unspecified atom stereocenters. The average Bonchev–Trinajstić information content (AvgIpc) is 3.11. The molecule has 33 heavy (non-hydrogen) atoms. The van der Waals surface area contributed by atoms with Crippen LogP contribution in [-0.4, -0.2) is 54.7 Å². The molecule has 0 N–H and O–H groups in total. The van der Waals surface area contributed by atoms with Crippen LogP contribution < -0.4 is 9.47 Å². The molecule has 0 bridgehead atoms. The first-order chi connectivity index (χ1) is 15.8. The summed E-state index contributed by atoms with van der Waals surface area (Å²) >= 11 is 1.10. The first-order valence-electron chi connectivity index (χ1n) is 9.71. The molecule has 1 saturated heterocycles. The van der Waals surface area contributed by atoms with Crippen molar-refractivity contribution in [2.24, 2.45) is 4.99 Å². The number of rotatable bonds is 7. The molecule has 0 radical (unpaired) electrons. The molecule has 10 nitrogen and oxygen atoms in total. The number of amidine groups is 1. The Morgan fingerprint density at radius 1 is 1.15 bits per heavy atom. The van der Waals surface area contributed by atoms with Crippen molar-refractivity contribution in [1.82, 2.24) is 4.90 Å². The molecule has 2 aromatic carbocycles. The van der Waals surface area contributed by atoms with Gasteiger partial charge in [0, 0.05) is 6.54 Å². The van der Waals surface area contributed by atoms with Crippen LogP contribution in [-0.2, 0) is 9.53 Å². The van der Waals surface area contributed by atoms with Crippen LogP contribution in [0.4, 0.5) is 11.4 Å². The number of aliphatic imine (C=N–C) groups is 1. The minimum Gasteiger partial charge on any atom is -0.493 e. The summed E-state index contributed by atoms with van der Waals surface area (Å²) in [4.78, 5) is 41.8.